The van der Waals surface area contributed by atoms with Gasteiger partial charge in [-0.3, -0.25) is 14.7 Å². The molecule has 2 heterocycles. The average molecular weight is 544 g/mol. The summed E-state index contributed by atoms with van der Waals surface area (Å²) in [6.45, 7) is 8.26. The summed E-state index contributed by atoms with van der Waals surface area (Å²) in [6.07, 6.45) is 3.53. The van der Waals surface area contributed by atoms with Gasteiger partial charge >= 0.3 is 5.97 Å². The van der Waals surface area contributed by atoms with Gasteiger partial charge in [-0.05, 0) is 25.3 Å². The van der Waals surface area contributed by atoms with E-state index in [-0.39, 0.29) is 36.0 Å². The van der Waals surface area contributed by atoms with Gasteiger partial charge in [0, 0.05) is 45.7 Å². The molecule has 0 aromatic heterocycles. The highest BCUT2D eigenvalue weighted by Crippen LogP contribution is 2.24. The first-order valence-electron chi connectivity index (χ1n) is 11.2. The lowest BCUT2D eigenvalue weighted by molar-refractivity contribution is -0.140. The summed E-state index contributed by atoms with van der Waals surface area (Å²) in [5.41, 5.74) is 1.35. The van der Waals surface area contributed by atoms with E-state index in [1.54, 1.807) is 0 Å². The van der Waals surface area contributed by atoms with E-state index in [1.165, 1.54) is 12.7 Å². The largest absolute Gasteiger partial charge is 0.469 e. The Balaban J connectivity index is 0.00000341. The Hall–Kier alpha value is -1.39. The molecule has 0 spiro atoms. The van der Waals surface area contributed by atoms with E-state index in [2.05, 4.69) is 57.1 Å². The first-order valence-corrected chi connectivity index (χ1v) is 11.2. The fraction of sp³-hybridized carbons (Fsp3) is 0.652. The zero-order chi connectivity index (χ0) is 21.2. The molecule has 8 heteroatoms. The maximum atomic E-state index is 11.2. The van der Waals surface area contributed by atoms with Crippen LogP contribution in [0.25, 0.3) is 0 Å². The normalized spacial score (nSPS) is 21.4. The molecule has 174 valence electrons. The van der Waals surface area contributed by atoms with Gasteiger partial charge in [-0.15, -0.1) is 24.0 Å². The topological polar surface area (TPSA) is 66.4 Å². The molecule has 2 fully saturated rings. The second-order valence-electron chi connectivity index (χ2n) is 7.96. The minimum atomic E-state index is -0.133. The molecule has 0 bridgehead atoms. The molecular weight excluding hydrogens is 507 g/mol. The van der Waals surface area contributed by atoms with E-state index in [0.717, 1.165) is 71.1 Å². The molecule has 0 amide bonds. The number of unbranched alkanes of at least 4 members (excludes halogenated alkanes) is 2. The van der Waals surface area contributed by atoms with Crippen LogP contribution in [0.15, 0.2) is 35.3 Å². The first-order chi connectivity index (χ1) is 14.7. The van der Waals surface area contributed by atoms with E-state index in [0.29, 0.717) is 12.5 Å². The number of carbonyl (C=O) groups excluding carboxylic acids is 1. The molecule has 1 N–H and O–H groups in total. The third-order valence-corrected chi connectivity index (χ3v) is 5.81. The number of rotatable bonds is 9. The maximum Gasteiger partial charge on any atom is 0.305 e. The minimum Gasteiger partial charge on any atom is -0.469 e. The van der Waals surface area contributed by atoms with Crippen molar-refractivity contribution in [3.8, 4) is 0 Å². The number of hydrogen-bond acceptors (Lipinski definition) is 5. The highest BCUT2D eigenvalue weighted by Gasteiger charge is 2.41. The fourth-order valence-corrected chi connectivity index (χ4v) is 4.22. The van der Waals surface area contributed by atoms with Crippen molar-refractivity contribution in [2.24, 2.45) is 4.99 Å². The zero-order valence-electron chi connectivity index (χ0n) is 18.8. The van der Waals surface area contributed by atoms with Gasteiger partial charge < -0.3 is 19.7 Å². The van der Waals surface area contributed by atoms with E-state index < -0.39 is 0 Å². The summed E-state index contributed by atoms with van der Waals surface area (Å²) in [5, 5.41) is 3.44. The van der Waals surface area contributed by atoms with Crippen LogP contribution in [0.1, 0.15) is 38.2 Å². The van der Waals surface area contributed by atoms with Crippen LogP contribution in [0.2, 0.25) is 0 Å². The predicted molar refractivity (Wildman–Crippen MR) is 134 cm³/mol. The third kappa shape index (κ3) is 7.91. The standard InChI is InChI=1S/C23H36N4O3.HI/c1-3-24-23(25-13-9-5-8-12-22(28)29-2)27-17-20-21(18-27)30-15-14-26(20)16-19-10-6-4-7-11-19;/h4,6-7,10-11,20-21H,3,5,8-9,12-18H2,1-2H3,(H,24,25);1H. The van der Waals surface area contributed by atoms with Gasteiger partial charge in [0.05, 0.1) is 25.9 Å². The number of halogens is 1. The molecule has 0 aliphatic carbocycles. The molecular formula is C23H37IN4O3. The number of morpholine rings is 1. The summed E-state index contributed by atoms with van der Waals surface area (Å²) in [6, 6.07) is 11.1. The Labute approximate surface area is 203 Å². The van der Waals surface area contributed by atoms with E-state index in [4.69, 9.17) is 9.73 Å². The summed E-state index contributed by atoms with van der Waals surface area (Å²) in [5.74, 6) is 0.842. The lowest BCUT2D eigenvalue weighted by atomic mass is 10.1. The van der Waals surface area contributed by atoms with Crippen LogP contribution < -0.4 is 5.32 Å². The zero-order valence-corrected chi connectivity index (χ0v) is 21.1. The number of fused-ring (bicyclic) bond motifs is 1. The number of methoxy groups -OCH3 is 1. The van der Waals surface area contributed by atoms with Crippen molar-refractivity contribution in [1.82, 2.24) is 15.1 Å². The molecule has 7 nitrogen and oxygen atoms in total. The Bertz CT molecular complexity index is 689. The van der Waals surface area contributed by atoms with Crippen LogP contribution in [0.3, 0.4) is 0 Å². The average Bonchev–Trinajstić information content (AvgIpc) is 3.21. The second kappa shape index (κ2) is 13.9. The Morgan fingerprint density at radius 1 is 1.23 bits per heavy atom. The highest BCUT2D eigenvalue weighted by atomic mass is 127. The molecule has 0 saturated carbocycles. The number of hydrogen-bond donors (Lipinski definition) is 1. The molecule has 2 aliphatic rings. The van der Waals surface area contributed by atoms with Gasteiger partial charge in [0.2, 0.25) is 0 Å². The minimum absolute atomic E-state index is 0. The van der Waals surface area contributed by atoms with Crippen molar-refractivity contribution in [1.29, 1.82) is 0 Å². The van der Waals surface area contributed by atoms with Crippen molar-refractivity contribution in [3.63, 3.8) is 0 Å². The van der Waals surface area contributed by atoms with Gasteiger partial charge in [0.1, 0.15) is 0 Å². The van der Waals surface area contributed by atoms with Crippen molar-refractivity contribution >= 4 is 35.9 Å². The number of esters is 1. The lowest BCUT2D eigenvalue weighted by Gasteiger charge is -2.36. The Morgan fingerprint density at radius 2 is 2.03 bits per heavy atom. The Morgan fingerprint density at radius 3 is 2.77 bits per heavy atom. The molecule has 3 rings (SSSR count). The number of aliphatic imine (C=N–C) groups is 1. The maximum absolute atomic E-state index is 11.2. The number of benzene rings is 1. The summed E-state index contributed by atoms with van der Waals surface area (Å²) in [7, 11) is 1.44. The molecule has 2 saturated heterocycles. The number of ether oxygens (including phenoxy) is 2. The van der Waals surface area contributed by atoms with Crippen molar-refractivity contribution < 1.29 is 14.3 Å². The summed E-state index contributed by atoms with van der Waals surface area (Å²) < 4.78 is 10.8. The number of nitrogens with one attached hydrogen (secondary N) is 1. The summed E-state index contributed by atoms with van der Waals surface area (Å²) in [4.78, 5) is 20.9. The molecule has 2 aliphatic heterocycles. The number of nitrogens with zero attached hydrogens (tertiary/aromatic N) is 3. The van der Waals surface area contributed by atoms with E-state index in [9.17, 15) is 4.79 Å². The SMILES string of the molecule is CCNC(=NCCCCCC(=O)OC)N1CC2OCCN(Cc3ccccc3)C2C1.I. The Kier molecular flexibility index (Phi) is 11.6. The van der Waals surface area contributed by atoms with Crippen molar-refractivity contribution in [3.05, 3.63) is 35.9 Å². The second-order valence-corrected chi connectivity index (χ2v) is 7.96. The van der Waals surface area contributed by atoms with Crippen LogP contribution in [0.5, 0.6) is 0 Å². The third-order valence-electron chi connectivity index (χ3n) is 5.81. The lowest BCUT2D eigenvalue weighted by Crippen LogP contribution is -2.50. The molecule has 1 aromatic rings. The summed E-state index contributed by atoms with van der Waals surface area (Å²) >= 11 is 0. The number of likely N-dealkylation sites (tertiary alicyclic amines) is 1. The van der Waals surface area contributed by atoms with Gasteiger partial charge in [-0.2, -0.15) is 0 Å². The van der Waals surface area contributed by atoms with Gasteiger partial charge in [0.25, 0.3) is 0 Å². The highest BCUT2D eigenvalue weighted by molar-refractivity contribution is 14.0. The smallest absolute Gasteiger partial charge is 0.305 e. The van der Waals surface area contributed by atoms with Crippen molar-refractivity contribution in [2.75, 3.05) is 46.4 Å². The molecule has 31 heavy (non-hydrogen) atoms. The monoisotopic (exact) mass is 544 g/mol. The van der Waals surface area contributed by atoms with Crippen LogP contribution >= 0.6 is 24.0 Å². The van der Waals surface area contributed by atoms with Crippen LogP contribution in [-0.2, 0) is 20.8 Å². The van der Waals surface area contributed by atoms with Crippen LogP contribution in [-0.4, -0.2) is 80.3 Å². The predicted octanol–water partition coefficient (Wildman–Crippen LogP) is 2.89. The van der Waals surface area contributed by atoms with E-state index in [1.807, 2.05) is 0 Å². The molecule has 2 unspecified atom stereocenters. The van der Waals surface area contributed by atoms with E-state index >= 15 is 0 Å². The van der Waals surface area contributed by atoms with Crippen LogP contribution in [0.4, 0.5) is 0 Å². The number of carbonyl (C=O) groups is 1. The van der Waals surface area contributed by atoms with Gasteiger partial charge in [-0.1, -0.05) is 36.8 Å². The molecule has 0 radical (unpaired) electrons. The molecule has 2 atom stereocenters. The molecule has 1 aromatic carbocycles. The van der Waals surface area contributed by atoms with Crippen molar-refractivity contribution in [2.45, 2.75) is 51.3 Å². The van der Waals surface area contributed by atoms with Gasteiger partial charge in [-0.25, -0.2) is 0 Å². The van der Waals surface area contributed by atoms with Crippen LogP contribution in [0, 0.1) is 0 Å². The quantitative estimate of drug-likeness (QED) is 0.170. The first kappa shape index (κ1) is 25.9. The fourth-order valence-electron chi connectivity index (χ4n) is 4.22. The number of guanidine groups is 1. The van der Waals surface area contributed by atoms with Gasteiger partial charge in [0.15, 0.2) is 5.96 Å².